The first kappa shape index (κ1) is 11.8. The summed E-state index contributed by atoms with van der Waals surface area (Å²) in [6, 6.07) is 2.09. The van der Waals surface area contributed by atoms with Gasteiger partial charge in [-0.05, 0) is 24.5 Å². The van der Waals surface area contributed by atoms with Gasteiger partial charge in [-0.1, -0.05) is 0 Å². The highest BCUT2D eigenvalue weighted by molar-refractivity contribution is 5.09. The average molecular weight is 234 g/mol. The number of hydrogen-bond acceptors (Lipinski definition) is 4. The third-order valence-corrected chi connectivity index (χ3v) is 2.90. The molecule has 0 saturated carbocycles. The van der Waals surface area contributed by atoms with Gasteiger partial charge in [0.25, 0.3) is 0 Å². The number of nitrogens with zero attached hydrogens (tertiary/aromatic N) is 4. The molecule has 0 fully saturated rings. The van der Waals surface area contributed by atoms with Crippen LogP contribution in [0.5, 0.6) is 0 Å². The van der Waals surface area contributed by atoms with Gasteiger partial charge in [-0.15, -0.1) is 0 Å². The molecule has 92 valence electrons. The van der Waals surface area contributed by atoms with E-state index in [0.717, 1.165) is 18.5 Å². The maximum Gasteiger partial charge on any atom is 0.0632 e. The molecule has 6 heteroatoms. The quantitative estimate of drug-likeness (QED) is 0.576. The van der Waals surface area contributed by atoms with Crippen LogP contribution in [0.1, 0.15) is 23.7 Å². The molecule has 0 aliphatic rings. The van der Waals surface area contributed by atoms with Crippen molar-refractivity contribution in [2.45, 2.75) is 18.9 Å². The Balaban J connectivity index is 1.99. The van der Waals surface area contributed by atoms with Crippen molar-refractivity contribution in [1.82, 2.24) is 25.0 Å². The molecule has 1 atom stereocenters. The van der Waals surface area contributed by atoms with E-state index in [0.29, 0.717) is 0 Å². The van der Waals surface area contributed by atoms with E-state index in [2.05, 4.69) is 15.6 Å². The fraction of sp³-hybridized carbons (Fsp3) is 0.455. The van der Waals surface area contributed by atoms with Crippen LogP contribution in [0, 0.1) is 0 Å². The predicted octanol–water partition coefficient (Wildman–Crippen LogP) is 0.291. The van der Waals surface area contributed by atoms with E-state index < -0.39 is 0 Å². The second-order valence-electron chi connectivity index (χ2n) is 4.16. The van der Waals surface area contributed by atoms with Gasteiger partial charge in [0, 0.05) is 26.5 Å². The van der Waals surface area contributed by atoms with Crippen molar-refractivity contribution in [3.63, 3.8) is 0 Å². The summed E-state index contributed by atoms with van der Waals surface area (Å²) in [5, 5.41) is 8.30. The zero-order chi connectivity index (χ0) is 12.3. The summed E-state index contributed by atoms with van der Waals surface area (Å²) >= 11 is 0. The largest absolute Gasteiger partial charge is 0.276 e. The van der Waals surface area contributed by atoms with Crippen LogP contribution in [0.3, 0.4) is 0 Å². The van der Waals surface area contributed by atoms with Crippen LogP contribution in [0.15, 0.2) is 24.7 Å². The van der Waals surface area contributed by atoms with E-state index in [1.54, 1.807) is 6.20 Å². The van der Waals surface area contributed by atoms with Gasteiger partial charge >= 0.3 is 0 Å². The number of aryl methyl sites for hydroxylation is 3. The molecule has 6 nitrogen and oxygen atoms in total. The topological polar surface area (TPSA) is 73.7 Å². The summed E-state index contributed by atoms with van der Waals surface area (Å²) in [6.07, 6.45) is 7.55. The van der Waals surface area contributed by atoms with E-state index in [1.165, 1.54) is 5.56 Å². The zero-order valence-corrected chi connectivity index (χ0v) is 10.2. The highest BCUT2D eigenvalue weighted by Crippen LogP contribution is 2.17. The molecule has 3 N–H and O–H groups in total. The summed E-state index contributed by atoms with van der Waals surface area (Å²) in [5.41, 5.74) is 5.15. The minimum Gasteiger partial charge on any atom is -0.276 e. The van der Waals surface area contributed by atoms with Gasteiger partial charge in [-0.25, -0.2) is 0 Å². The van der Waals surface area contributed by atoms with E-state index in [1.807, 2.05) is 41.9 Å². The normalized spacial score (nSPS) is 12.9. The number of aromatic nitrogens is 4. The fourth-order valence-electron chi connectivity index (χ4n) is 1.95. The molecule has 2 aromatic rings. The van der Waals surface area contributed by atoms with Crippen molar-refractivity contribution in [3.05, 3.63) is 35.9 Å². The summed E-state index contributed by atoms with van der Waals surface area (Å²) in [5.74, 6) is 5.59. The van der Waals surface area contributed by atoms with Crippen molar-refractivity contribution in [1.29, 1.82) is 0 Å². The fourth-order valence-corrected chi connectivity index (χ4v) is 1.95. The SMILES string of the molecule is Cn1cc(CCC(NN)c2ccnn2C)cn1. The molecule has 0 saturated heterocycles. The summed E-state index contributed by atoms with van der Waals surface area (Å²) in [6.45, 7) is 0. The average Bonchev–Trinajstić information content (AvgIpc) is 2.90. The third-order valence-electron chi connectivity index (χ3n) is 2.90. The molecule has 2 heterocycles. The van der Waals surface area contributed by atoms with Crippen molar-refractivity contribution in [2.24, 2.45) is 19.9 Å². The van der Waals surface area contributed by atoms with Gasteiger partial charge in [0.2, 0.25) is 0 Å². The molecule has 0 aliphatic heterocycles. The lowest BCUT2D eigenvalue weighted by Crippen LogP contribution is -2.29. The first-order valence-electron chi connectivity index (χ1n) is 5.62. The molecule has 2 aromatic heterocycles. The van der Waals surface area contributed by atoms with Crippen LogP contribution in [-0.4, -0.2) is 19.6 Å². The molecule has 2 rings (SSSR count). The Labute approximate surface area is 100 Å². The predicted molar refractivity (Wildman–Crippen MR) is 64.8 cm³/mol. The number of hydrazine groups is 1. The van der Waals surface area contributed by atoms with Crippen molar-refractivity contribution < 1.29 is 0 Å². The van der Waals surface area contributed by atoms with Gasteiger partial charge < -0.3 is 0 Å². The Bertz CT molecular complexity index is 472. The van der Waals surface area contributed by atoms with Crippen LogP contribution in [0.4, 0.5) is 0 Å². The second kappa shape index (κ2) is 5.11. The lowest BCUT2D eigenvalue weighted by molar-refractivity contribution is 0.480. The summed E-state index contributed by atoms with van der Waals surface area (Å²) < 4.78 is 3.65. The minimum absolute atomic E-state index is 0.114. The van der Waals surface area contributed by atoms with Crippen molar-refractivity contribution in [3.8, 4) is 0 Å². The zero-order valence-electron chi connectivity index (χ0n) is 10.2. The minimum atomic E-state index is 0.114. The Hall–Kier alpha value is -1.66. The number of nitrogens with two attached hydrogens (primary N) is 1. The Morgan fingerprint density at radius 1 is 1.41 bits per heavy atom. The van der Waals surface area contributed by atoms with Crippen LogP contribution in [0.25, 0.3) is 0 Å². The molecule has 0 spiro atoms. The van der Waals surface area contributed by atoms with E-state index in [9.17, 15) is 0 Å². The highest BCUT2D eigenvalue weighted by Gasteiger charge is 2.13. The van der Waals surface area contributed by atoms with Gasteiger partial charge in [0.15, 0.2) is 0 Å². The molecule has 17 heavy (non-hydrogen) atoms. The van der Waals surface area contributed by atoms with Gasteiger partial charge in [0.1, 0.15) is 0 Å². The van der Waals surface area contributed by atoms with Crippen molar-refractivity contribution in [2.75, 3.05) is 0 Å². The summed E-state index contributed by atoms with van der Waals surface area (Å²) in [7, 11) is 3.84. The lowest BCUT2D eigenvalue weighted by Gasteiger charge is -2.15. The first-order chi connectivity index (χ1) is 8.20. The molecule has 0 radical (unpaired) electrons. The van der Waals surface area contributed by atoms with Crippen LogP contribution >= 0.6 is 0 Å². The number of nitrogens with one attached hydrogen (secondary N) is 1. The number of hydrogen-bond donors (Lipinski definition) is 2. The monoisotopic (exact) mass is 234 g/mol. The first-order valence-corrected chi connectivity index (χ1v) is 5.62. The van der Waals surface area contributed by atoms with Crippen LogP contribution in [0.2, 0.25) is 0 Å². The summed E-state index contributed by atoms with van der Waals surface area (Å²) in [4.78, 5) is 0. The van der Waals surface area contributed by atoms with Crippen LogP contribution in [-0.2, 0) is 20.5 Å². The highest BCUT2D eigenvalue weighted by atomic mass is 15.3. The van der Waals surface area contributed by atoms with Gasteiger partial charge in [-0.2, -0.15) is 10.2 Å². The third kappa shape index (κ3) is 2.72. The second-order valence-corrected chi connectivity index (χ2v) is 4.16. The smallest absolute Gasteiger partial charge is 0.0632 e. The molecule has 0 aliphatic carbocycles. The molecule has 0 bridgehead atoms. The van der Waals surface area contributed by atoms with Crippen LogP contribution < -0.4 is 11.3 Å². The van der Waals surface area contributed by atoms with Gasteiger partial charge in [-0.3, -0.25) is 20.6 Å². The molecule has 0 aromatic carbocycles. The molecule has 1 unspecified atom stereocenters. The maximum absolute atomic E-state index is 5.59. The van der Waals surface area contributed by atoms with Crippen molar-refractivity contribution >= 4 is 0 Å². The Kier molecular flexibility index (Phi) is 3.55. The van der Waals surface area contributed by atoms with E-state index in [-0.39, 0.29) is 6.04 Å². The molecular weight excluding hydrogens is 216 g/mol. The van der Waals surface area contributed by atoms with E-state index >= 15 is 0 Å². The Morgan fingerprint density at radius 3 is 2.76 bits per heavy atom. The molecular formula is C11H18N6. The lowest BCUT2D eigenvalue weighted by atomic mass is 10.1. The Morgan fingerprint density at radius 2 is 2.24 bits per heavy atom. The van der Waals surface area contributed by atoms with E-state index in [4.69, 9.17) is 5.84 Å². The maximum atomic E-state index is 5.59. The van der Waals surface area contributed by atoms with Gasteiger partial charge in [0.05, 0.1) is 17.9 Å². The standard InChI is InChI=1S/C11H18N6/c1-16-8-9(7-14-16)3-4-10(15-12)11-5-6-13-17(11)2/h5-8,10,15H,3-4,12H2,1-2H3. The number of rotatable bonds is 5. The molecule has 0 amide bonds.